The van der Waals surface area contributed by atoms with Crippen molar-refractivity contribution >= 4 is 15.9 Å². The molecule has 8 heteroatoms. The molecule has 1 aromatic heterocycles. The van der Waals surface area contributed by atoms with Gasteiger partial charge < -0.3 is 9.73 Å². The molecule has 1 aromatic carbocycles. The Labute approximate surface area is 140 Å². The molecule has 24 heavy (non-hydrogen) atoms. The predicted octanol–water partition coefficient (Wildman–Crippen LogP) is 0.736. The van der Waals surface area contributed by atoms with Gasteiger partial charge in [-0.15, -0.1) is 0 Å². The maximum absolute atomic E-state index is 12.1. The third kappa shape index (κ3) is 4.02. The summed E-state index contributed by atoms with van der Waals surface area (Å²) in [6, 6.07) is 9.81. The molecule has 0 radical (unpaired) electrons. The van der Waals surface area contributed by atoms with Gasteiger partial charge in [-0.3, -0.25) is 9.69 Å². The van der Waals surface area contributed by atoms with Crippen LogP contribution in [0.15, 0.2) is 45.7 Å². The molecule has 1 aliphatic heterocycles. The summed E-state index contributed by atoms with van der Waals surface area (Å²) in [7, 11) is -3.69. The maximum Gasteiger partial charge on any atom is 0.238 e. The minimum Gasteiger partial charge on any atom is -0.465 e. The number of hydrogen-bond acceptors (Lipinski definition) is 5. The van der Waals surface area contributed by atoms with Crippen LogP contribution < -0.4 is 10.5 Å². The molecule has 0 saturated carbocycles. The van der Waals surface area contributed by atoms with Gasteiger partial charge in [-0.2, -0.15) is 0 Å². The lowest BCUT2D eigenvalue weighted by Gasteiger charge is -2.06. The van der Waals surface area contributed by atoms with Crippen LogP contribution >= 0.6 is 0 Å². The molecule has 1 saturated heterocycles. The first-order valence-corrected chi connectivity index (χ1v) is 9.06. The molecular weight excluding hydrogens is 330 g/mol. The first kappa shape index (κ1) is 16.7. The van der Waals surface area contributed by atoms with Crippen LogP contribution in [-0.4, -0.2) is 31.8 Å². The molecule has 0 spiro atoms. The Balaban J connectivity index is 1.48. The highest BCUT2D eigenvalue weighted by molar-refractivity contribution is 7.89. The number of nitrogens with zero attached hydrogens (tertiary/aromatic N) is 1. The van der Waals surface area contributed by atoms with Crippen LogP contribution in [0.5, 0.6) is 0 Å². The van der Waals surface area contributed by atoms with E-state index in [0.717, 1.165) is 17.1 Å². The van der Waals surface area contributed by atoms with Crippen LogP contribution in [0.2, 0.25) is 0 Å². The number of rotatable bonds is 6. The van der Waals surface area contributed by atoms with E-state index in [0.29, 0.717) is 19.6 Å². The van der Waals surface area contributed by atoms with Gasteiger partial charge in [0.25, 0.3) is 0 Å². The van der Waals surface area contributed by atoms with Crippen molar-refractivity contribution in [1.82, 2.24) is 10.2 Å². The predicted molar refractivity (Wildman–Crippen MR) is 87.3 cm³/mol. The highest BCUT2D eigenvalue weighted by atomic mass is 32.2. The minimum atomic E-state index is -3.69. The third-order valence-corrected chi connectivity index (χ3v) is 4.82. The Morgan fingerprint density at radius 2 is 2.00 bits per heavy atom. The summed E-state index contributed by atoms with van der Waals surface area (Å²) in [6.07, 6.45) is 0. The van der Waals surface area contributed by atoms with Gasteiger partial charge in [0.05, 0.1) is 11.4 Å². The van der Waals surface area contributed by atoms with Crippen LogP contribution in [0.1, 0.15) is 17.1 Å². The number of carbonyl (C=O) groups excluding carboxylic acids is 1. The van der Waals surface area contributed by atoms with Crippen LogP contribution in [0.25, 0.3) is 0 Å². The standard InChI is InChI=1S/C16H19N3O4S/c1-11-2-5-13(23-11)9-19-10-15(19)16(20)18-8-12-3-6-14(7-4-12)24(17,21)22/h2-7,15H,8-10H2,1H3,(H,18,20)(H2,17,21,22). The second kappa shape index (κ2) is 6.39. The number of sulfonamides is 1. The molecule has 2 atom stereocenters. The molecule has 1 aliphatic rings. The first-order chi connectivity index (χ1) is 11.3. The van der Waals surface area contributed by atoms with Crippen LogP contribution in [0.3, 0.4) is 0 Å². The van der Waals surface area contributed by atoms with Gasteiger partial charge >= 0.3 is 0 Å². The quantitative estimate of drug-likeness (QED) is 0.748. The third-order valence-electron chi connectivity index (χ3n) is 3.89. The molecule has 0 bridgehead atoms. The highest BCUT2D eigenvalue weighted by Gasteiger charge is 2.40. The lowest BCUT2D eigenvalue weighted by atomic mass is 10.2. The fourth-order valence-corrected chi connectivity index (χ4v) is 2.99. The number of benzene rings is 1. The normalized spacial score (nSPS) is 19.9. The minimum absolute atomic E-state index is 0.0474. The Bertz CT molecular complexity index is 842. The number of hydrogen-bond donors (Lipinski definition) is 2. The number of nitrogens with one attached hydrogen (secondary N) is 1. The molecule has 2 unspecified atom stereocenters. The zero-order chi connectivity index (χ0) is 17.3. The van der Waals surface area contributed by atoms with Crippen LogP contribution in [-0.2, 0) is 27.9 Å². The van der Waals surface area contributed by atoms with Crippen molar-refractivity contribution in [2.75, 3.05) is 6.54 Å². The summed E-state index contributed by atoms with van der Waals surface area (Å²) in [6.45, 7) is 3.55. The van der Waals surface area contributed by atoms with Gasteiger partial charge in [-0.25, -0.2) is 13.6 Å². The van der Waals surface area contributed by atoms with Gasteiger partial charge in [-0.05, 0) is 36.8 Å². The number of aryl methyl sites for hydroxylation is 1. The highest BCUT2D eigenvalue weighted by Crippen LogP contribution is 2.22. The van der Waals surface area contributed by atoms with E-state index in [4.69, 9.17) is 9.56 Å². The van der Waals surface area contributed by atoms with Gasteiger partial charge in [-0.1, -0.05) is 12.1 Å². The van der Waals surface area contributed by atoms with E-state index < -0.39 is 10.0 Å². The summed E-state index contributed by atoms with van der Waals surface area (Å²) < 4.78 is 27.9. The van der Waals surface area contributed by atoms with E-state index in [2.05, 4.69) is 5.32 Å². The maximum atomic E-state index is 12.1. The van der Waals surface area contributed by atoms with Crippen LogP contribution in [0.4, 0.5) is 0 Å². The summed E-state index contributed by atoms with van der Waals surface area (Å²) >= 11 is 0. The molecule has 3 N–H and O–H groups in total. The molecule has 3 rings (SSSR count). The Morgan fingerprint density at radius 3 is 2.58 bits per heavy atom. The van der Waals surface area contributed by atoms with E-state index in [1.165, 1.54) is 12.1 Å². The topological polar surface area (TPSA) is 105 Å². The number of carbonyl (C=O) groups is 1. The summed E-state index contributed by atoms with van der Waals surface area (Å²) in [4.78, 5) is 14.2. The zero-order valence-corrected chi connectivity index (χ0v) is 14.0. The SMILES string of the molecule is Cc1ccc(CN2CC2C(=O)NCc2ccc(S(N)(=O)=O)cc2)o1. The second-order valence-corrected chi connectivity index (χ2v) is 7.43. The van der Waals surface area contributed by atoms with Crippen molar-refractivity contribution in [2.24, 2.45) is 5.14 Å². The van der Waals surface area contributed by atoms with Crippen LogP contribution in [0, 0.1) is 6.92 Å². The molecular formula is C16H19N3O4S. The summed E-state index contributed by atoms with van der Waals surface area (Å²) in [5.74, 6) is 1.66. The van der Waals surface area contributed by atoms with Gasteiger partial charge in [0.2, 0.25) is 15.9 Å². The van der Waals surface area contributed by atoms with Gasteiger partial charge in [0, 0.05) is 13.1 Å². The molecule has 2 heterocycles. The number of nitrogens with two attached hydrogens (primary N) is 1. The Morgan fingerprint density at radius 1 is 1.29 bits per heavy atom. The molecule has 7 nitrogen and oxygen atoms in total. The lowest BCUT2D eigenvalue weighted by molar-refractivity contribution is -0.121. The summed E-state index contributed by atoms with van der Waals surface area (Å²) in [5, 5.41) is 7.89. The number of primary sulfonamides is 1. The second-order valence-electron chi connectivity index (χ2n) is 5.86. The molecule has 0 aliphatic carbocycles. The lowest BCUT2D eigenvalue weighted by Crippen LogP contribution is -2.29. The van der Waals surface area contributed by atoms with Crippen molar-refractivity contribution < 1.29 is 17.6 Å². The van der Waals surface area contributed by atoms with Crippen molar-refractivity contribution in [2.45, 2.75) is 31.0 Å². The van der Waals surface area contributed by atoms with E-state index in [-0.39, 0.29) is 16.8 Å². The Kier molecular flexibility index (Phi) is 4.44. The smallest absolute Gasteiger partial charge is 0.238 e. The number of amides is 1. The fraction of sp³-hybridized carbons (Fsp3) is 0.312. The van der Waals surface area contributed by atoms with E-state index in [1.54, 1.807) is 12.1 Å². The molecule has 1 fully saturated rings. The zero-order valence-electron chi connectivity index (χ0n) is 13.2. The molecule has 128 valence electrons. The van der Waals surface area contributed by atoms with Gasteiger partial charge in [0.15, 0.2) is 0 Å². The average molecular weight is 349 g/mol. The van der Waals surface area contributed by atoms with Crippen molar-refractivity contribution in [3.8, 4) is 0 Å². The first-order valence-electron chi connectivity index (χ1n) is 7.52. The largest absolute Gasteiger partial charge is 0.465 e. The van der Waals surface area contributed by atoms with Crippen molar-refractivity contribution in [3.63, 3.8) is 0 Å². The Hall–Kier alpha value is -2.16. The fourth-order valence-electron chi connectivity index (χ4n) is 2.47. The monoisotopic (exact) mass is 349 g/mol. The van der Waals surface area contributed by atoms with E-state index in [9.17, 15) is 13.2 Å². The van der Waals surface area contributed by atoms with E-state index >= 15 is 0 Å². The molecule has 1 amide bonds. The van der Waals surface area contributed by atoms with Gasteiger partial charge in [0.1, 0.15) is 17.6 Å². The summed E-state index contributed by atoms with van der Waals surface area (Å²) in [5.41, 5.74) is 0.810. The number of furan rings is 1. The van der Waals surface area contributed by atoms with Crippen molar-refractivity contribution in [3.05, 3.63) is 53.5 Å². The average Bonchev–Trinajstić information content (AvgIpc) is 3.17. The molecule has 2 aromatic rings. The van der Waals surface area contributed by atoms with Crippen molar-refractivity contribution in [1.29, 1.82) is 0 Å². The van der Waals surface area contributed by atoms with E-state index in [1.807, 2.05) is 24.0 Å².